The van der Waals surface area contributed by atoms with Gasteiger partial charge < -0.3 is 10.5 Å². The van der Waals surface area contributed by atoms with Crippen LogP contribution in [0.5, 0.6) is 0 Å². The van der Waals surface area contributed by atoms with Crippen LogP contribution < -0.4 is 5.32 Å². The molecule has 0 spiro atoms. The predicted octanol–water partition coefficient (Wildman–Crippen LogP) is 2.97. The maximum Gasteiger partial charge on any atom is 0.270 e. The molecule has 1 rings (SSSR count). The maximum atomic E-state index is 11.1. The smallest absolute Gasteiger partial charge is 0.270 e. The average molecular weight is 285 g/mol. The molecule has 0 heterocycles. The van der Waals surface area contributed by atoms with E-state index in [9.17, 15) is 4.79 Å². The van der Waals surface area contributed by atoms with Crippen LogP contribution in [0.2, 0.25) is 0 Å². The minimum atomic E-state index is -0.472. The van der Waals surface area contributed by atoms with Crippen molar-refractivity contribution in [3.05, 3.63) is 28.2 Å². The Hall–Kier alpha value is -1.36. The van der Waals surface area contributed by atoms with E-state index in [0.29, 0.717) is 11.6 Å². The molecule has 16 heavy (non-hydrogen) atoms. The number of benzene rings is 1. The molecule has 1 aromatic rings. The molecule has 86 valence electrons. The van der Waals surface area contributed by atoms with Crippen molar-refractivity contribution < 1.29 is 10.0 Å². The number of nitrogens with zero attached hydrogens (tertiary/aromatic N) is 1. The Balaban J connectivity index is 2.87. The van der Waals surface area contributed by atoms with Gasteiger partial charge in [-0.3, -0.25) is 4.79 Å². The first-order valence-corrected chi connectivity index (χ1v) is 5.61. The van der Waals surface area contributed by atoms with E-state index in [-0.39, 0.29) is 0 Å². The molecule has 4 nitrogen and oxygen atoms in total. The Morgan fingerprint density at radius 3 is 2.75 bits per heavy atom. The lowest BCUT2D eigenvalue weighted by molar-refractivity contribution is -0.110. The summed E-state index contributed by atoms with van der Waals surface area (Å²) < 4.78 is 0.804. The molecular weight excluding hydrogens is 272 g/mol. The Bertz CT molecular complexity index is 416. The van der Waals surface area contributed by atoms with Crippen molar-refractivity contribution >= 4 is 33.7 Å². The topological polar surface area (TPSA) is 61.7 Å². The van der Waals surface area contributed by atoms with E-state index in [1.807, 2.05) is 18.2 Å². The number of carbonyl (C=O) groups is 1. The van der Waals surface area contributed by atoms with Gasteiger partial charge in [0.2, 0.25) is 0 Å². The standard InChI is InChI=1S/C11H13BrN2O2/c1-7(2)8-3-4-10(9(12)5-8)14-11(15)6-13-16/h3-7,16H,1-2H3,(H,14,15). The molecule has 0 saturated heterocycles. The Morgan fingerprint density at radius 1 is 1.56 bits per heavy atom. The molecule has 0 aromatic heterocycles. The minimum Gasteiger partial charge on any atom is -0.411 e. The fourth-order valence-electron chi connectivity index (χ4n) is 1.21. The van der Waals surface area contributed by atoms with Crippen molar-refractivity contribution in [3.8, 4) is 0 Å². The molecule has 0 bridgehead atoms. The van der Waals surface area contributed by atoms with Gasteiger partial charge in [0.25, 0.3) is 5.91 Å². The summed E-state index contributed by atoms with van der Waals surface area (Å²) in [7, 11) is 0. The number of amides is 1. The highest BCUT2D eigenvalue weighted by molar-refractivity contribution is 9.10. The molecular formula is C11H13BrN2O2. The molecule has 0 saturated carbocycles. The number of anilines is 1. The maximum absolute atomic E-state index is 11.1. The van der Waals surface area contributed by atoms with E-state index in [1.54, 1.807) is 0 Å². The Kier molecular flexibility index (Phi) is 4.49. The van der Waals surface area contributed by atoms with E-state index in [0.717, 1.165) is 10.7 Å². The number of carbonyl (C=O) groups excluding carboxylic acids is 1. The van der Waals surface area contributed by atoms with Gasteiger partial charge in [-0.2, -0.15) is 0 Å². The van der Waals surface area contributed by atoms with Crippen LogP contribution in [0.1, 0.15) is 25.3 Å². The van der Waals surface area contributed by atoms with Crippen molar-refractivity contribution in [2.75, 3.05) is 5.32 Å². The highest BCUT2D eigenvalue weighted by atomic mass is 79.9. The molecule has 1 aromatic carbocycles. The van der Waals surface area contributed by atoms with Crippen LogP contribution in [-0.4, -0.2) is 17.3 Å². The molecule has 1 amide bonds. The van der Waals surface area contributed by atoms with E-state index in [1.165, 1.54) is 5.56 Å². The predicted molar refractivity (Wildman–Crippen MR) is 67.1 cm³/mol. The van der Waals surface area contributed by atoms with E-state index < -0.39 is 5.91 Å². The lowest BCUT2D eigenvalue weighted by atomic mass is 10.0. The van der Waals surface area contributed by atoms with Crippen LogP contribution in [-0.2, 0) is 4.79 Å². The van der Waals surface area contributed by atoms with Crippen molar-refractivity contribution in [1.82, 2.24) is 0 Å². The van der Waals surface area contributed by atoms with Crippen molar-refractivity contribution in [2.24, 2.45) is 5.16 Å². The molecule has 0 unspecified atom stereocenters. The lowest BCUT2D eigenvalue weighted by Crippen LogP contribution is -2.13. The highest BCUT2D eigenvalue weighted by Crippen LogP contribution is 2.26. The van der Waals surface area contributed by atoms with Gasteiger partial charge in [0.05, 0.1) is 5.69 Å². The molecule has 0 atom stereocenters. The number of hydrogen-bond donors (Lipinski definition) is 2. The summed E-state index contributed by atoms with van der Waals surface area (Å²) in [6.07, 6.45) is 0.808. The fraction of sp³-hybridized carbons (Fsp3) is 0.273. The van der Waals surface area contributed by atoms with Crippen LogP contribution in [0.15, 0.2) is 27.8 Å². The zero-order chi connectivity index (χ0) is 12.1. The van der Waals surface area contributed by atoms with Gasteiger partial charge >= 0.3 is 0 Å². The normalized spacial score (nSPS) is 11.0. The summed E-state index contributed by atoms with van der Waals surface area (Å²) in [5, 5.41) is 13.4. The minimum absolute atomic E-state index is 0.431. The first-order chi connectivity index (χ1) is 7.54. The van der Waals surface area contributed by atoms with Crippen molar-refractivity contribution in [2.45, 2.75) is 19.8 Å². The van der Waals surface area contributed by atoms with Crippen molar-refractivity contribution in [3.63, 3.8) is 0 Å². The molecule has 2 N–H and O–H groups in total. The number of rotatable bonds is 3. The first-order valence-electron chi connectivity index (χ1n) is 4.82. The molecule has 5 heteroatoms. The summed E-state index contributed by atoms with van der Waals surface area (Å²) in [4.78, 5) is 11.1. The summed E-state index contributed by atoms with van der Waals surface area (Å²) >= 11 is 3.37. The van der Waals surface area contributed by atoms with Crippen molar-refractivity contribution in [1.29, 1.82) is 0 Å². The van der Waals surface area contributed by atoms with Gasteiger partial charge in [-0.05, 0) is 39.5 Å². The third kappa shape index (κ3) is 3.34. The number of oxime groups is 1. The molecule has 0 aliphatic carbocycles. The quantitative estimate of drug-likeness (QED) is 0.509. The van der Waals surface area contributed by atoms with Crippen LogP contribution in [0.25, 0.3) is 0 Å². The van der Waals surface area contributed by atoms with E-state index >= 15 is 0 Å². The zero-order valence-corrected chi connectivity index (χ0v) is 10.7. The van der Waals surface area contributed by atoms with Gasteiger partial charge in [-0.15, -0.1) is 0 Å². The van der Waals surface area contributed by atoms with Crippen LogP contribution in [0.3, 0.4) is 0 Å². The highest BCUT2D eigenvalue weighted by Gasteiger charge is 2.06. The summed E-state index contributed by atoms with van der Waals surface area (Å²) in [6.45, 7) is 4.19. The summed E-state index contributed by atoms with van der Waals surface area (Å²) in [5.41, 5.74) is 1.83. The second-order valence-corrected chi connectivity index (χ2v) is 4.48. The van der Waals surface area contributed by atoms with E-state index in [4.69, 9.17) is 5.21 Å². The van der Waals surface area contributed by atoms with Gasteiger partial charge in [0.1, 0.15) is 6.21 Å². The molecule has 0 fully saturated rings. The SMILES string of the molecule is CC(C)c1ccc(NC(=O)C=NO)c(Br)c1. The second kappa shape index (κ2) is 5.65. The van der Waals surface area contributed by atoms with Crippen LogP contribution in [0, 0.1) is 0 Å². The molecule has 0 radical (unpaired) electrons. The largest absolute Gasteiger partial charge is 0.411 e. The summed E-state index contributed by atoms with van der Waals surface area (Å²) in [5.74, 6) is -0.0412. The molecule has 0 aliphatic rings. The summed E-state index contributed by atoms with van der Waals surface area (Å²) in [6, 6.07) is 5.71. The van der Waals surface area contributed by atoms with Gasteiger partial charge in [0.15, 0.2) is 0 Å². The fourth-order valence-corrected chi connectivity index (χ4v) is 1.70. The average Bonchev–Trinajstić information content (AvgIpc) is 2.21. The van der Waals surface area contributed by atoms with E-state index in [2.05, 4.69) is 40.2 Å². The van der Waals surface area contributed by atoms with Crippen LogP contribution in [0.4, 0.5) is 5.69 Å². The Morgan fingerprint density at radius 2 is 2.25 bits per heavy atom. The Labute approximate surface area is 102 Å². The third-order valence-corrected chi connectivity index (χ3v) is 2.75. The second-order valence-electron chi connectivity index (χ2n) is 3.63. The third-order valence-electron chi connectivity index (χ3n) is 2.09. The molecule has 0 aliphatic heterocycles. The number of hydrogen-bond acceptors (Lipinski definition) is 3. The first kappa shape index (κ1) is 12.7. The van der Waals surface area contributed by atoms with Gasteiger partial charge in [-0.1, -0.05) is 25.1 Å². The lowest BCUT2D eigenvalue weighted by Gasteiger charge is -2.09. The monoisotopic (exact) mass is 284 g/mol. The van der Waals surface area contributed by atoms with Crippen LogP contribution >= 0.6 is 15.9 Å². The zero-order valence-electron chi connectivity index (χ0n) is 9.07. The van der Waals surface area contributed by atoms with Gasteiger partial charge in [-0.25, -0.2) is 0 Å². The number of nitrogens with one attached hydrogen (secondary N) is 1. The number of halogens is 1. The van der Waals surface area contributed by atoms with Gasteiger partial charge in [0, 0.05) is 4.47 Å².